The molecule has 2 unspecified atom stereocenters. The molecule has 0 aliphatic heterocycles. The molecule has 0 heterocycles. The minimum atomic E-state index is -1.19. The van der Waals surface area contributed by atoms with E-state index >= 15 is 0 Å². The molecule has 0 aromatic carbocycles. The van der Waals surface area contributed by atoms with E-state index in [0.717, 1.165) is 0 Å². The molecular formula is C10H20O8. The van der Waals surface area contributed by atoms with Gasteiger partial charge in [0, 0.05) is 0 Å². The molecule has 18 heavy (non-hydrogen) atoms. The van der Waals surface area contributed by atoms with Gasteiger partial charge in [0.15, 0.2) is 0 Å². The molecule has 0 radical (unpaired) electrons. The lowest BCUT2D eigenvalue weighted by Crippen LogP contribution is -2.24. The summed E-state index contributed by atoms with van der Waals surface area (Å²) in [6.07, 6.45) is -2.38. The summed E-state index contributed by atoms with van der Waals surface area (Å²) in [5.74, 6) is -1.56. The summed E-state index contributed by atoms with van der Waals surface area (Å²) in [4.78, 5) is 21.3. The van der Waals surface area contributed by atoms with Crippen LogP contribution in [0.3, 0.4) is 0 Å². The molecule has 0 rings (SSSR count). The largest absolute Gasteiger partial charge is 0.460 e. The Morgan fingerprint density at radius 2 is 1.17 bits per heavy atom. The highest BCUT2D eigenvalue weighted by atomic mass is 16.6. The minimum Gasteiger partial charge on any atom is -0.460 e. The molecule has 0 aliphatic carbocycles. The normalized spacial score (nSPS) is 12.8. The second-order valence-corrected chi connectivity index (χ2v) is 3.13. The standard InChI is InChI=1S/C8H14O6.C2H6O2/c1-5(9)7(11)13-3-4-14-8(12)6(2)10;3-1-2-4/h5-6,9-10H,3-4H2,1-2H3;3-4H,1-2H2. The quantitative estimate of drug-likeness (QED) is 0.315. The van der Waals surface area contributed by atoms with Gasteiger partial charge in [0.05, 0.1) is 13.2 Å². The third-order valence-electron chi connectivity index (χ3n) is 1.35. The van der Waals surface area contributed by atoms with Crippen molar-refractivity contribution in [3.05, 3.63) is 0 Å². The topological polar surface area (TPSA) is 134 Å². The van der Waals surface area contributed by atoms with E-state index in [1.165, 1.54) is 13.8 Å². The maximum Gasteiger partial charge on any atom is 0.334 e. The van der Waals surface area contributed by atoms with E-state index in [-0.39, 0.29) is 26.4 Å². The summed E-state index contributed by atoms with van der Waals surface area (Å²) in [7, 11) is 0. The minimum absolute atomic E-state index is 0.125. The van der Waals surface area contributed by atoms with E-state index in [1.807, 2.05) is 0 Å². The Labute approximate surface area is 105 Å². The maximum atomic E-state index is 10.7. The first-order chi connectivity index (χ1) is 8.36. The summed E-state index contributed by atoms with van der Waals surface area (Å²) in [5, 5.41) is 32.6. The molecule has 8 heteroatoms. The highest BCUT2D eigenvalue weighted by molar-refractivity contribution is 5.74. The number of carbonyl (C=O) groups excluding carboxylic acids is 2. The predicted octanol–water partition coefficient (Wildman–Crippen LogP) is -2.19. The van der Waals surface area contributed by atoms with Crippen LogP contribution < -0.4 is 0 Å². The fourth-order valence-corrected chi connectivity index (χ4v) is 0.526. The Morgan fingerprint density at radius 3 is 1.33 bits per heavy atom. The van der Waals surface area contributed by atoms with Gasteiger partial charge < -0.3 is 29.9 Å². The Hall–Kier alpha value is -1.22. The van der Waals surface area contributed by atoms with Gasteiger partial charge >= 0.3 is 11.9 Å². The van der Waals surface area contributed by atoms with Gasteiger partial charge in [-0.25, -0.2) is 9.59 Å². The van der Waals surface area contributed by atoms with Gasteiger partial charge in [-0.15, -0.1) is 0 Å². The molecule has 0 spiro atoms. The second-order valence-electron chi connectivity index (χ2n) is 3.13. The second kappa shape index (κ2) is 12.2. The van der Waals surface area contributed by atoms with Crippen LogP contribution in [0.25, 0.3) is 0 Å². The van der Waals surface area contributed by atoms with Crippen molar-refractivity contribution in [1.29, 1.82) is 0 Å². The zero-order valence-electron chi connectivity index (χ0n) is 10.4. The molecular weight excluding hydrogens is 248 g/mol. The van der Waals surface area contributed by atoms with Crippen molar-refractivity contribution in [3.63, 3.8) is 0 Å². The van der Waals surface area contributed by atoms with Crippen molar-refractivity contribution in [2.45, 2.75) is 26.1 Å². The van der Waals surface area contributed by atoms with E-state index < -0.39 is 24.1 Å². The van der Waals surface area contributed by atoms with Gasteiger partial charge in [0.25, 0.3) is 0 Å². The fourth-order valence-electron chi connectivity index (χ4n) is 0.526. The van der Waals surface area contributed by atoms with Gasteiger partial charge in [-0.3, -0.25) is 0 Å². The molecule has 0 saturated carbocycles. The van der Waals surface area contributed by atoms with Crippen molar-refractivity contribution < 1.29 is 39.5 Å². The van der Waals surface area contributed by atoms with Crippen LogP contribution in [0.4, 0.5) is 0 Å². The van der Waals surface area contributed by atoms with Crippen LogP contribution in [0.1, 0.15) is 13.8 Å². The molecule has 0 aromatic rings. The van der Waals surface area contributed by atoms with Crippen LogP contribution in [0.2, 0.25) is 0 Å². The first-order valence-corrected chi connectivity index (χ1v) is 5.27. The molecule has 0 aromatic heterocycles. The number of aliphatic hydroxyl groups excluding tert-OH is 4. The van der Waals surface area contributed by atoms with Crippen LogP contribution in [-0.2, 0) is 19.1 Å². The van der Waals surface area contributed by atoms with Crippen molar-refractivity contribution in [2.75, 3.05) is 26.4 Å². The molecule has 0 aliphatic rings. The van der Waals surface area contributed by atoms with Gasteiger partial charge in [0.1, 0.15) is 25.4 Å². The Kier molecular flexibility index (Phi) is 13.0. The van der Waals surface area contributed by atoms with E-state index in [2.05, 4.69) is 9.47 Å². The highest BCUT2D eigenvalue weighted by Gasteiger charge is 2.12. The number of hydrogen-bond donors (Lipinski definition) is 4. The van der Waals surface area contributed by atoms with Crippen molar-refractivity contribution in [1.82, 2.24) is 0 Å². The number of ether oxygens (including phenoxy) is 2. The highest BCUT2D eigenvalue weighted by Crippen LogP contribution is 1.89. The SMILES string of the molecule is CC(O)C(=O)OCCOC(=O)C(C)O.OCCO. The number of aliphatic hydroxyl groups is 4. The lowest BCUT2D eigenvalue weighted by atomic mass is 10.4. The summed E-state index contributed by atoms with van der Waals surface area (Å²) in [6.45, 7) is 2.01. The smallest absolute Gasteiger partial charge is 0.334 e. The van der Waals surface area contributed by atoms with E-state index in [4.69, 9.17) is 20.4 Å². The molecule has 108 valence electrons. The van der Waals surface area contributed by atoms with Gasteiger partial charge in [-0.2, -0.15) is 0 Å². The molecule has 0 amide bonds. The van der Waals surface area contributed by atoms with Gasteiger partial charge in [-0.1, -0.05) is 0 Å². The van der Waals surface area contributed by atoms with Crippen molar-refractivity contribution in [3.8, 4) is 0 Å². The Bertz CT molecular complexity index is 202. The van der Waals surface area contributed by atoms with Gasteiger partial charge in [0.2, 0.25) is 0 Å². The molecule has 0 bridgehead atoms. The van der Waals surface area contributed by atoms with Gasteiger partial charge in [-0.05, 0) is 13.8 Å². The predicted molar refractivity (Wildman–Crippen MR) is 59.5 cm³/mol. The average Bonchev–Trinajstić information content (AvgIpc) is 2.33. The van der Waals surface area contributed by atoms with Crippen LogP contribution in [-0.4, -0.2) is 71.0 Å². The molecule has 2 atom stereocenters. The van der Waals surface area contributed by atoms with Crippen LogP contribution >= 0.6 is 0 Å². The average molecular weight is 268 g/mol. The fraction of sp³-hybridized carbons (Fsp3) is 0.800. The van der Waals surface area contributed by atoms with Crippen LogP contribution in [0.5, 0.6) is 0 Å². The first-order valence-electron chi connectivity index (χ1n) is 5.27. The molecule has 4 N–H and O–H groups in total. The third kappa shape index (κ3) is 12.8. The maximum absolute atomic E-state index is 10.7. The van der Waals surface area contributed by atoms with E-state index in [1.54, 1.807) is 0 Å². The number of hydrogen-bond acceptors (Lipinski definition) is 8. The Balaban J connectivity index is 0. The Morgan fingerprint density at radius 1 is 0.889 bits per heavy atom. The third-order valence-corrected chi connectivity index (χ3v) is 1.35. The zero-order chi connectivity index (χ0) is 14.6. The summed E-state index contributed by atoms with van der Waals surface area (Å²) in [6, 6.07) is 0. The molecule has 8 nitrogen and oxygen atoms in total. The monoisotopic (exact) mass is 268 g/mol. The van der Waals surface area contributed by atoms with E-state index in [9.17, 15) is 9.59 Å². The summed E-state index contributed by atoms with van der Waals surface area (Å²) >= 11 is 0. The number of rotatable bonds is 6. The zero-order valence-corrected chi connectivity index (χ0v) is 10.4. The van der Waals surface area contributed by atoms with E-state index in [0.29, 0.717) is 0 Å². The lowest BCUT2D eigenvalue weighted by molar-refractivity contribution is -0.161. The summed E-state index contributed by atoms with van der Waals surface area (Å²) < 4.78 is 8.97. The number of carbonyl (C=O) groups is 2. The summed E-state index contributed by atoms with van der Waals surface area (Å²) in [5.41, 5.74) is 0. The molecule has 0 fully saturated rings. The van der Waals surface area contributed by atoms with Crippen LogP contribution in [0, 0.1) is 0 Å². The first kappa shape index (κ1) is 19.1. The number of esters is 2. The van der Waals surface area contributed by atoms with Crippen molar-refractivity contribution in [2.24, 2.45) is 0 Å². The lowest BCUT2D eigenvalue weighted by Gasteiger charge is -2.08. The van der Waals surface area contributed by atoms with Crippen molar-refractivity contribution >= 4 is 11.9 Å². The molecule has 0 saturated heterocycles. The van der Waals surface area contributed by atoms with Crippen LogP contribution in [0.15, 0.2) is 0 Å².